The van der Waals surface area contributed by atoms with Crippen molar-refractivity contribution in [3.8, 4) is 11.8 Å². The maximum absolute atomic E-state index is 12.5. The number of halogens is 2. The summed E-state index contributed by atoms with van der Waals surface area (Å²) in [6, 6.07) is 2.27. The molecule has 6 nitrogen and oxygen atoms in total. The van der Waals surface area contributed by atoms with Crippen molar-refractivity contribution >= 4 is 5.82 Å². The summed E-state index contributed by atoms with van der Waals surface area (Å²) in [6.45, 7) is 0. The van der Waals surface area contributed by atoms with Gasteiger partial charge in [-0.05, 0) is 9.91 Å². The molecule has 1 heterocycles. The van der Waals surface area contributed by atoms with Crippen molar-refractivity contribution in [2.75, 3.05) is 7.11 Å². The van der Waals surface area contributed by atoms with Gasteiger partial charge >= 0.3 is 5.82 Å². The van der Waals surface area contributed by atoms with E-state index in [-0.39, 0.29) is 5.75 Å². The summed E-state index contributed by atoms with van der Waals surface area (Å²) >= 11 is 0. The molecule has 0 aliphatic rings. The average Bonchev–Trinajstić information content (AvgIpc) is 2.26. The molecule has 16 heavy (non-hydrogen) atoms. The maximum atomic E-state index is 12.5. The minimum atomic E-state index is -3.06. The van der Waals surface area contributed by atoms with Gasteiger partial charge in [0, 0.05) is 6.07 Å². The van der Waals surface area contributed by atoms with Crippen molar-refractivity contribution in [2.24, 2.45) is 0 Å². The lowest BCUT2D eigenvalue weighted by molar-refractivity contribution is -0.391. The Hall–Kier alpha value is -2.30. The molecule has 0 bridgehead atoms. The highest BCUT2D eigenvalue weighted by atomic mass is 19.3. The summed E-state index contributed by atoms with van der Waals surface area (Å²) in [5, 5.41) is 19.0. The second-order valence-corrected chi connectivity index (χ2v) is 2.62. The molecule has 0 spiro atoms. The molecule has 0 fully saturated rings. The molecule has 1 aromatic heterocycles. The Morgan fingerprint density at radius 1 is 1.69 bits per heavy atom. The van der Waals surface area contributed by atoms with Crippen molar-refractivity contribution in [3.63, 3.8) is 0 Å². The molecule has 0 N–H and O–H groups in total. The van der Waals surface area contributed by atoms with Crippen LogP contribution in [0.2, 0.25) is 0 Å². The van der Waals surface area contributed by atoms with Gasteiger partial charge in [0.05, 0.1) is 7.11 Å². The van der Waals surface area contributed by atoms with Gasteiger partial charge in [0.1, 0.15) is 5.56 Å². The normalized spacial score (nSPS) is 9.94. The number of nitriles is 1. The summed E-state index contributed by atoms with van der Waals surface area (Å²) in [4.78, 5) is 12.6. The van der Waals surface area contributed by atoms with Gasteiger partial charge in [0.2, 0.25) is 0 Å². The van der Waals surface area contributed by atoms with Crippen LogP contribution < -0.4 is 4.74 Å². The molecule has 1 aromatic rings. The summed E-state index contributed by atoms with van der Waals surface area (Å²) in [6.07, 6.45) is -3.06. The predicted molar refractivity (Wildman–Crippen MR) is 47.1 cm³/mol. The van der Waals surface area contributed by atoms with Gasteiger partial charge in [-0.25, -0.2) is 8.78 Å². The van der Waals surface area contributed by atoms with Gasteiger partial charge < -0.3 is 14.9 Å². The van der Waals surface area contributed by atoms with Crippen LogP contribution in [0.25, 0.3) is 0 Å². The second-order valence-electron chi connectivity index (χ2n) is 2.62. The first kappa shape index (κ1) is 11.8. The first-order valence-electron chi connectivity index (χ1n) is 3.92. The summed E-state index contributed by atoms with van der Waals surface area (Å²) in [7, 11) is 1.15. The molecule has 0 atom stereocenters. The Kier molecular flexibility index (Phi) is 3.30. The number of aromatic nitrogens is 1. The molecule has 0 aromatic carbocycles. The minimum absolute atomic E-state index is 0.219. The zero-order valence-corrected chi connectivity index (χ0v) is 7.98. The van der Waals surface area contributed by atoms with Crippen molar-refractivity contribution < 1.29 is 18.4 Å². The van der Waals surface area contributed by atoms with Crippen LogP contribution in [0.15, 0.2) is 6.07 Å². The lowest BCUT2D eigenvalue weighted by Crippen LogP contribution is -2.03. The predicted octanol–water partition coefficient (Wildman–Crippen LogP) is 1.81. The number of methoxy groups -OCH3 is 1. The van der Waals surface area contributed by atoms with Gasteiger partial charge in [-0.15, -0.1) is 0 Å². The van der Waals surface area contributed by atoms with Gasteiger partial charge in [-0.3, -0.25) is 0 Å². The van der Waals surface area contributed by atoms with Gasteiger partial charge in [-0.2, -0.15) is 5.26 Å². The van der Waals surface area contributed by atoms with E-state index in [0.717, 1.165) is 13.2 Å². The third-order valence-electron chi connectivity index (χ3n) is 1.73. The van der Waals surface area contributed by atoms with E-state index in [9.17, 15) is 18.9 Å². The molecular formula is C8H5F2N3O3. The molecule has 1 rings (SSSR count). The third-order valence-corrected chi connectivity index (χ3v) is 1.73. The fourth-order valence-electron chi connectivity index (χ4n) is 1.04. The van der Waals surface area contributed by atoms with E-state index in [0.29, 0.717) is 0 Å². The van der Waals surface area contributed by atoms with Crippen LogP contribution >= 0.6 is 0 Å². The average molecular weight is 229 g/mol. The van der Waals surface area contributed by atoms with Crippen LogP contribution in [0.1, 0.15) is 17.7 Å². The number of nitro groups is 1. The fourth-order valence-corrected chi connectivity index (χ4v) is 1.04. The van der Waals surface area contributed by atoms with Crippen molar-refractivity contribution in [1.29, 1.82) is 5.26 Å². The molecule has 0 radical (unpaired) electrons. The first-order chi connectivity index (χ1) is 7.51. The lowest BCUT2D eigenvalue weighted by Gasteiger charge is -2.04. The number of ether oxygens (including phenoxy) is 1. The Balaban J connectivity index is 3.49. The Morgan fingerprint density at radius 2 is 2.31 bits per heavy atom. The minimum Gasteiger partial charge on any atom is -0.491 e. The highest BCUT2D eigenvalue weighted by Crippen LogP contribution is 2.31. The highest BCUT2D eigenvalue weighted by molar-refractivity contribution is 5.47. The van der Waals surface area contributed by atoms with Crippen LogP contribution in [0.5, 0.6) is 5.75 Å². The number of hydrogen-bond acceptors (Lipinski definition) is 5. The zero-order valence-electron chi connectivity index (χ0n) is 7.98. The topological polar surface area (TPSA) is 89.1 Å². The number of nitrogens with zero attached hydrogens (tertiary/aromatic N) is 3. The van der Waals surface area contributed by atoms with Crippen LogP contribution in [0.4, 0.5) is 14.6 Å². The van der Waals surface area contributed by atoms with Gasteiger partial charge in [0.15, 0.2) is 11.8 Å². The standard InChI is InChI=1S/C8H5F2N3O3/c1-16-6-2-4(7(9)10)8(13(14)15)12-5(6)3-11/h2,7H,1H3. The monoisotopic (exact) mass is 229 g/mol. The van der Waals surface area contributed by atoms with E-state index in [1.807, 2.05) is 0 Å². The summed E-state index contributed by atoms with van der Waals surface area (Å²) in [5.74, 6) is -1.25. The molecular weight excluding hydrogens is 224 g/mol. The Labute approximate surface area is 88.2 Å². The van der Waals surface area contributed by atoms with Crippen LogP contribution in [-0.4, -0.2) is 17.0 Å². The zero-order chi connectivity index (χ0) is 12.3. The maximum Gasteiger partial charge on any atom is 0.374 e. The third kappa shape index (κ3) is 2.03. The molecule has 84 valence electrons. The lowest BCUT2D eigenvalue weighted by atomic mass is 10.2. The number of pyridine rings is 1. The van der Waals surface area contributed by atoms with E-state index in [1.165, 1.54) is 6.07 Å². The summed E-state index contributed by atoms with van der Waals surface area (Å²) < 4.78 is 29.5. The molecule has 0 amide bonds. The fraction of sp³-hybridized carbons (Fsp3) is 0.250. The van der Waals surface area contributed by atoms with Crippen LogP contribution in [-0.2, 0) is 0 Å². The number of hydrogen-bond donors (Lipinski definition) is 0. The van der Waals surface area contributed by atoms with Crippen molar-refractivity contribution in [2.45, 2.75) is 6.43 Å². The largest absolute Gasteiger partial charge is 0.491 e. The van der Waals surface area contributed by atoms with Crippen LogP contribution in [0, 0.1) is 21.4 Å². The van der Waals surface area contributed by atoms with E-state index in [4.69, 9.17) is 5.26 Å². The van der Waals surface area contributed by atoms with Crippen LogP contribution in [0.3, 0.4) is 0 Å². The molecule has 0 aliphatic heterocycles. The smallest absolute Gasteiger partial charge is 0.374 e. The molecule has 0 aliphatic carbocycles. The molecule has 0 saturated carbocycles. The van der Waals surface area contributed by atoms with E-state index < -0.39 is 28.4 Å². The molecule has 0 saturated heterocycles. The SMILES string of the molecule is COc1cc(C(F)F)c([N+](=O)[O-])nc1C#N. The quantitative estimate of drug-likeness (QED) is 0.582. The van der Waals surface area contributed by atoms with E-state index >= 15 is 0 Å². The Bertz CT molecular complexity index is 470. The summed E-state index contributed by atoms with van der Waals surface area (Å²) in [5.41, 5.74) is -1.28. The molecule has 0 unspecified atom stereocenters. The molecule has 8 heteroatoms. The second kappa shape index (κ2) is 4.48. The van der Waals surface area contributed by atoms with E-state index in [2.05, 4.69) is 9.72 Å². The van der Waals surface area contributed by atoms with Crippen molar-refractivity contribution in [1.82, 2.24) is 4.98 Å². The number of rotatable bonds is 3. The van der Waals surface area contributed by atoms with Gasteiger partial charge in [-0.1, -0.05) is 0 Å². The van der Waals surface area contributed by atoms with E-state index in [1.54, 1.807) is 0 Å². The number of alkyl halides is 2. The Morgan fingerprint density at radius 3 is 2.69 bits per heavy atom. The van der Waals surface area contributed by atoms with Gasteiger partial charge in [0.25, 0.3) is 12.1 Å². The first-order valence-corrected chi connectivity index (χ1v) is 3.92. The highest BCUT2D eigenvalue weighted by Gasteiger charge is 2.27. The van der Waals surface area contributed by atoms with Crippen molar-refractivity contribution in [3.05, 3.63) is 27.4 Å².